The van der Waals surface area contributed by atoms with E-state index in [4.69, 9.17) is 9.15 Å². The molecule has 0 atom stereocenters. The van der Waals surface area contributed by atoms with Gasteiger partial charge in [0, 0.05) is 11.0 Å². The van der Waals surface area contributed by atoms with Crippen molar-refractivity contribution < 1.29 is 9.15 Å². The van der Waals surface area contributed by atoms with Crippen LogP contribution < -0.4 is 10.1 Å². The predicted octanol–water partition coefficient (Wildman–Crippen LogP) is 4.49. The topological polar surface area (TPSA) is 47.3 Å². The standard InChI is InChI=1S/C16H15BrN2O2/c1-2-18-9-14-10-20-16(19-14)21-15-6-4-11-7-13(17)5-3-12(11)8-15/h3-8,10,18H,2,9H2,1H3. The molecule has 0 fully saturated rings. The van der Waals surface area contributed by atoms with E-state index >= 15 is 0 Å². The quantitative estimate of drug-likeness (QED) is 0.739. The van der Waals surface area contributed by atoms with Crippen molar-refractivity contribution in [3.05, 3.63) is 52.8 Å². The second kappa shape index (κ2) is 6.28. The third-order valence-corrected chi connectivity index (χ3v) is 3.56. The number of rotatable bonds is 5. The van der Waals surface area contributed by atoms with Crippen LogP contribution in [0.25, 0.3) is 10.8 Å². The molecular formula is C16H15BrN2O2. The van der Waals surface area contributed by atoms with Gasteiger partial charge in [0.05, 0.1) is 5.69 Å². The highest BCUT2D eigenvalue weighted by molar-refractivity contribution is 9.10. The van der Waals surface area contributed by atoms with Crippen molar-refractivity contribution in [2.75, 3.05) is 6.54 Å². The lowest BCUT2D eigenvalue weighted by Gasteiger charge is -2.03. The van der Waals surface area contributed by atoms with Gasteiger partial charge in [-0.1, -0.05) is 35.0 Å². The molecule has 1 heterocycles. The molecule has 0 saturated carbocycles. The molecule has 1 aromatic heterocycles. The first-order valence-corrected chi connectivity index (χ1v) is 7.56. The Morgan fingerprint density at radius 3 is 2.86 bits per heavy atom. The maximum Gasteiger partial charge on any atom is 0.399 e. The van der Waals surface area contributed by atoms with E-state index in [0.717, 1.165) is 27.5 Å². The summed E-state index contributed by atoms with van der Waals surface area (Å²) in [6.07, 6.45) is 1.87. The molecule has 0 unspecified atom stereocenters. The molecule has 21 heavy (non-hydrogen) atoms. The Morgan fingerprint density at radius 1 is 1.19 bits per heavy atom. The number of benzene rings is 2. The van der Waals surface area contributed by atoms with Crippen LogP contribution in [0, 0.1) is 0 Å². The summed E-state index contributed by atoms with van der Waals surface area (Å²) in [6, 6.07) is 12.0. The number of aromatic nitrogens is 1. The van der Waals surface area contributed by atoms with Crippen LogP contribution in [0.15, 0.2) is 51.6 Å². The lowest BCUT2D eigenvalue weighted by atomic mass is 10.1. The third kappa shape index (κ3) is 3.43. The van der Waals surface area contributed by atoms with Crippen molar-refractivity contribution in [2.45, 2.75) is 13.5 Å². The van der Waals surface area contributed by atoms with E-state index in [1.807, 2.05) is 37.3 Å². The maximum atomic E-state index is 5.66. The van der Waals surface area contributed by atoms with Crippen LogP contribution in [-0.2, 0) is 6.54 Å². The summed E-state index contributed by atoms with van der Waals surface area (Å²) in [5.41, 5.74) is 0.830. The Kier molecular flexibility index (Phi) is 4.22. The summed E-state index contributed by atoms with van der Waals surface area (Å²) in [4.78, 5) is 4.28. The zero-order valence-electron chi connectivity index (χ0n) is 11.6. The van der Waals surface area contributed by atoms with Gasteiger partial charge in [-0.15, -0.1) is 0 Å². The summed E-state index contributed by atoms with van der Waals surface area (Å²) in [5, 5.41) is 5.45. The fourth-order valence-electron chi connectivity index (χ4n) is 2.03. The molecule has 0 bridgehead atoms. The van der Waals surface area contributed by atoms with Gasteiger partial charge in [-0.05, 0) is 41.6 Å². The lowest BCUT2D eigenvalue weighted by Crippen LogP contribution is -2.11. The number of nitrogens with zero attached hydrogens (tertiary/aromatic N) is 1. The van der Waals surface area contributed by atoms with E-state index in [9.17, 15) is 0 Å². The highest BCUT2D eigenvalue weighted by atomic mass is 79.9. The van der Waals surface area contributed by atoms with Crippen LogP contribution in [0.4, 0.5) is 0 Å². The average molecular weight is 347 g/mol. The fourth-order valence-corrected chi connectivity index (χ4v) is 2.41. The van der Waals surface area contributed by atoms with E-state index in [1.54, 1.807) is 6.26 Å². The second-order valence-corrected chi connectivity index (χ2v) is 5.56. The van der Waals surface area contributed by atoms with Crippen molar-refractivity contribution in [1.29, 1.82) is 0 Å². The molecule has 0 aliphatic rings. The molecule has 0 aliphatic carbocycles. The molecule has 0 saturated heterocycles. The zero-order valence-corrected chi connectivity index (χ0v) is 13.2. The first kappa shape index (κ1) is 14.1. The minimum atomic E-state index is 0.263. The van der Waals surface area contributed by atoms with Crippen molar-refractivity contribution in [2.24, 2.45) is 0 Å². The summed E-state index contributed by atoms with van der Waals surface area (Å²) in [5.74, 6) is 0.710. The van der Waals surface area contributed by atoms with E-state index in [0.29, 0.717) is 12.3 Å². The molecule has 3 aromatic rings. The van der Waals surface area contributed by atoms with Crippen LogP contribution in [-0.4, -0.2) is 11.5 Å². The van der Waals surface area contributed by atoms with Crippen LogP contribution >= 0.6 is 15.9 Å². The minimum absolute atomic E-state index is 0.263. The molecule has 1 N–H and O–H groups in total. The number of fused-ring (bicyclic) bond motifs is 1. The molecule has 0 aliphatic heterocycles. The van der Waals surface area contributed by atoms with Gasteiger partial charge in [0.15, 0.2) is 0 Å². The van der Waals surface area contributed by atoms with Crippen molar-refractivity contribution in [1.82, 2.24) is 10.3 Å². The zero-order chi connectivity index (χ0) is 14.7. The molecule has 4 nitrogen and oxygen atoms in total. The van der Waals surface area contributed by atoms with E-state index in [1.165, 1.54) is 0 Å². The number of hydrogen-bond acceptors (Lipinski definition) is 4. The van der Waals surface area contributed by atoms with Gasteiger partial charge >= 0.3 is 6.08 Å². The monoisotopic (exact) mass is 346 g/mol. The van der Waals surface area contributed by atoms with Crippen LogP contribution in [0.2, 0.25) is 0 Å². The highest BCUT2D eigenvalue weighted by Crippen LogP contribution is 2.27. The number of nitrogens with one attached hydrogen (secondary N) is 1. The predicted molar refractivity (Wildman–Crippen MR) is 85.6 cm³/mol. The van der Waals surface area contributed by atoms with Gasteiger partial charge in [-0.3, -0.25) is 0 Å². The minimum Gasteiger partial charge on any atom is -0.417 e. The highest BCUT2D eigenvalue weighted by Gasteiger charge is 2.06. The molecule has 108 valence electrons. The van der Waals surface area contributed by atoms with E-state index < -0.39 is 0 Å². The number of oxazole rings is 1. The van der Waals surface area contributed by atoms with Gasteiger partial charge in [-0.2, -0.15) is 4.98 Å². The molecule has 0 amide bonds. The third-order valence-electron chi connectivity index (χ3n) is 3.07. The smallest absolute Gasteiger partial charge is 0.399 e. The molecule has 2 aromatic carbocycles. The summed E-state index contributed by atoms with van der Waals surface area (Å²) >= 11 is 3.47. The van der Waals surface area contributed by atoms with E-state index in [-0.39, 0.29) is 6.08 Å². The van der Waals surface area contributed by atoms with Crippen molar-refractivity contribution >= 4 is 26.7 Å². The SMILES string of the molecule is CCNCc1coc(Oc2ccc3cc(Br)ccc3c2)n1. The number of hydrogen-bond donors (Lipinski definition) is 1. The number of halogens is 1. The van der Waals surface area contributed by atoms with Gasteiger partial charge in [-0.25, -0.2) is 0 Å². The first-order chi connectivity index (χ1) is 10.2. The van der Waals surface area contributed by atoms with Crippen LogP contribution in [0.3, 0.4) is 0 Å². The summed E-state index contributed by atoms with van der Waals surface area (Å²) in [7, 11) is 0. The number of ether oxygens (including phenoxy) is 1. The fraction of sp³-hybridized carbons (Fsp3) is 0.188. The maximum absolute atomic E-state index is 5.66. The Balaban J connectivity index is 1.78. The van der Waals surface area contributed by atoms with Crippen molar-refractivity contribution in [3.8, 4) is 11.8 Å². The lowest BCUT2D eigenvalue weighted by molar-refractivity contribution is 0.331. The Bertz CT molecular complexity index is 755. The van der Waals surface area contributed by atoms with Crippen molar-refractivity contribution in [3.63, 3.8) is 0 Å². The summed E-state index contributed by atoms with van der Waals surface area (Å²) < 4.78 is 12.0. The Labute approximate surface area is 131 Å². The van der Waals surface area contributed by atoms with Gasteiger partial charge < -0.3 is 14.5 Å². The Morgan fingerprint density at radius 2 is 2.00 bits per heavy atom. The average Bonchev–Trinajstić information content (AvgIpc) is 2.93. The van der Waals surface area contributed by atoms with Gasteiger partial charge in [0.25, 0.3) is 0 Å². The normalized spacial score (nSPS) is 11.0. The largest absolute Gasteiger partial charge is 0.417 e. The van der Waals surface area contributed by atoms with Gasteiger partial charge in [0.1, 0.15) is 12.0 Å². The summed E-state index contributed by atoms with van der Waals surface area (Å²) in [6.45, 7) is 3.61. The van der Waals surface area contributed by atoms with Gasteiger partial charge in [0.2, 0.25) is 0 Å². The molecular weight excluding hydrogens is 332 g/mol. The molecule has 5 heteroatoms. The van der Waals surface area contributed by atoms with Crippen LogP contribution in [0.5, 0.6) is 11.8 Å². The van der Waals surface area contributed by atoms with Crippen LogP contribution in [0.1, 0.15) is 12.6 Å². The van der Waals surface area contributed by atoms with E-state index in [2.05, 4.69) is 32.3 Å². The molecule has 0 radical (unpaired) electrons. The second-order valence-electron chi connectivity index (χ2n) is 4.64. The first-order valence-electron chi connectivity index (χ1n) is 6.77. The Hall–Kier alpha value is -1.85. The molecule has 0 spiro atoms. The molecule has 3 rings (SSSR count).